The summed E-state index contributed by atoms with van der Waals surface area (Å²) in [5, 5.41) is 5.51. The lowest BCUT2D eigenvalue weighted by atomic mass is 10.0. The van der Waals surface area contributed by atoms with Gasteiger partial charge in [0.2, 0.25) is 0 Å². The Hall–Kier alpha value is -4.39. The molecule has 4 aromatic rings. The molecular weight excluding hydrogens is 431 g/mol. The van der Waals surface area contributed by atoms with Crippen molar-refractivity contribution in [3.05, 3.63) is 119 Å². The molecule has 0 aliphatic heterocycles. The monoisotopic (exact) mass is 454 g/mol. The van der Waals surface area contributed by atoms with Gasteiger partial charge in [0.15, 0.2) is 11.4 Å². The zero-order valence-electron chi connectivity index (χ0n) is 18.6. The molecule has 0 radical (unpaired) electrons. The van der Waals surface area contributed by atoms with Crippen LogP contribution in [-0.4, -0.2) is 21.8 Å². The number of amides is 2. The molecule has 0 atom stereocenters. The molecule has 2 N–H and O–H groups in total. The quantitative estimate of drug-likeness (QED) is 0.432. The molecule has 0 unspecified atom stereocenters. The lowest BCUT2D eigenvalue weighted by Crippen LogP contribution is -2.31. The highest BCUT2D eigenvalue weighted by atomic mass is 19.1. The average molecular weight is 455 g/mol. The van der Waals surface area contributed by atoms with Gasteiger partial charge in [0.05, 0.1) is 0 Å². The first-order chi connectivity index (χ1) is 16.5. The van der Waals surface area contributed by atoms with Gasteiger partial charge in [-0.15, -0.1) is 0 Å². The van der Waals surface area contributed by atoms with E-state index in [0.29, 0.717) is 0 Å². The number of carbonyl (C=O) groups is 2. The first-order valence-corrected chi connectivity index (χ1v) is 10.8. The van der Waals surface area contributed by atoms with Crippen LogP contribution in [0.25, 0.3) is 11.1 Å². The highest BCUT2D eigenvalue weighted by Gasteiger charge is 2.20. The van der Waals surface area contributed by atoms with Crippen molar-refractivity contribution >= 4 is 11.8 Å². The van der Waals surface area contributed by atoms with Crippen molar-refractivity contribution in [3.8, 4) is 11.1 Å². The summed E-state index contributed by atoms with van der Waals surface area (Å²) in [6, 6.07) is 21.9. The highest BCUT2D eigenvalue weighted by molar-refractivity contribution is 6.04. The van der Waals surface area contributed by atoms with E-state index in [1.54, 1.807) is 12.1 Å². The fraction of sp³-hybridized carbons (Fsp3) is 0.111. The number of halogens is 1. The van der Waals surface area contributed by atoms with Crippen LogP contribution in [0.3, 0.4) is 0 Å². The second-order valence-electron chi connectivity index (χ2n) is 7.82. The molecule has 0 spiro atoms. The zero-order valence-corrected chi connectivity index (χ0v) is 18.6. The van der Waals surface area contributed by atoms with E-state index in [0.717, 1.165) is 22.3 Å². The Kier molecular flexibility index (Phi) is 7.03. The van der Waals surface area contributed by atoms with E-state index in [-0.39, 0.29) is 30.3 Å². The summed E-state index contributed by atoms with van der Waals surface area (Å²) in [7, 11) is 0. The van der Waals surface area contributed by atoms with Gasteiger partial charge in [-0.25, -0.2) is 14.4 Å². The van der Waals surface area contributed by atoms with Crippen molar-refractivity contribution in [2.45, 2.75) is 20.0 Å². The fourth-order valence-corrected chi connectivity index (χ4v) is 3.49. The predicted molar refractivity (Wildman–Crippen MR) is 127 cm³/mol. The topological polar surface area (TPSA) is 84.0 Å². The van der Waals surface area contributed by atoms with Crippen molar-refractivity contribution < 1.29 is 14.0 Å². The van der Waals surface area contributed by atoms with E-state index >= 15 is 0 Å². The second kappa shape index (κ2) is 10.5. The van der Waals surface area contributed by atoms with E-state index < -0.39 is 11.8 Å². The predicted octanol–water partition coefficient (Wildman–Crippen LogP) is 4.45. The summed E-state index contributed by atoms with van der Waals surface area (Å²) in [5.74, 6) is -1.39. The van der Waals surface area contributed by atoms with Crippen LogP contribution in [-0.2, 0) is 13.1 Å². The van der Waals surface area contributed by atoms with Gasteiger partial charge in [0.25, 0.3) is 11.8 Å². The van der Waals surface area contributed by atoms with Crippen molar-refractivity contribution in [2.75, 3.05) is 0 Å². The summed E-state index contributed by atoms with van der Waals surface area (Å²) < 4.78 is 13.1. The van der Waals surface area contributed by atoms with Crippen molar-refractivity contribution in [1.29, 1.82) is 0 Å². The van der Waals surface area contributed by atoms with Crippen LogP contribution in [0.15, 0.2) is 85.2 Å². The van der Waals surface area contributed by atoms with Gasteiger partial charge >= 0.3 is 0 Å². The molecule has 0 saturated heterocycles. The Morgan fingerprint density at radius 2 is 1.29 bits per heavy atom. The number of carbonyl (C=O) groups excluding carboxylic acids is 2. The smallest absolute Gasteiger partial charge is 0.272 e. The Balaban J connectivity index is 1.42. The third kappa shape index (κ3) is 5.69. The molecule has 3 aromatic carbocycles. The van der Waals surface area contributed by atoms with Gasteiger partial charge in [0, 0.05) is 25.5 Å². The maximum atomic E-state index is 13.1. The third-order valence-corrected chi connectivity index (χ3v) is 5.23. The Morgan fingerprint density at radius 3 is 1.91 bits per heavy atom. The standard InChI is InChI=1S/C27H23FN4O2/c1-18-4-2-6-21(14-18)22-7-3-5-20(15-22)17-32-27(34)25-24(29-12-13-30-25)26(33)31-16-19-8-10-23(28)11-9-19/h2-15H,16-17H2,1H3,(H,31,33)(H,32,34). The molecular formula is C27H23FN4O2. The molecule has 34 heavy (non-hydrogen) atoms. The maximum Gasteiger partial charge on any atom is 0.272 e. The van der Waals surface area contributed by atoms with Gasteiger partial charge in [0.1, 0.15) is 5.82 Å². The van der Waals surface area contributed by atoms with Crippen LogP contribution in [0.5, 0.6) is 0 Å². The van der Waals surface area contributed by atoms with E-state index in [2.05, 4.69) is 26.7 Å². The number of nitrogens with zero attached hydrogens (tertiary/aromatic N) is 2. The number of nitrogens with one attached hydrogen (secondary N) is 2. The Labute approximate surface area is 196 Å². The van der Waals surface area contributed by atoms with Crippen molar-refractivity contribution in [3.63, 3.8) is 0 Å². The van der Waals surface area contributed by atoms with Gasteiger partial charge in [-0.3, -0.25) is 9.59 Å². The second-order valence-corrected chi connectivity index (χ2v) is 7.82. The van der Waals surface area contributed by atoms with Crippen LogP contribution in [0.2, 0.25) is 0 Å². The molecule has 170 valence electrons. The van der Waals surface area contributed by atoms with Crippen LogP contribution in [0.1, 0.15) is 37.7 Å². The van der Waals surface area contributed by atoms with Crippen LogP contribution in [0, 0.1) is 12.7 Å². The summed E-state index contributed by atoms with van der Waals surface area (Å²) in [4.78, 5) is 33.6. The molecule has 1 heterocycles. The average Bonchev–Trinajstić information content (AvgIpc) is 2.87. The Morgan fingerprint density at radius 1 is 0.735 bits per heavy atom. The normalized spacial score (nSPS) is 10.5. The summed E-state index contributed by atoms with van der Waals surface area (Å²) in [5.41, 5.74) is 4.82. The molecule has 0 saturated carbocycles. The molecule has 0 bridgehead atoms. The number of benzene rings is 3. The highest BCUT2D eigenvalue weighted by Crippen LogP contribution is 2.21. The molecule has 2 amide bonds. The number of aryl methyl sites for hydroxylation is 1. The van der Waals surface area contributed by atoms with Gasteiger partial charge in [-0.2, -0.15) is 0 Å². The summed E-state index contributed by atoms with van der Waals surface area (Å²) in [6.45, 7) is 2.48. The van der Waals surface area contributed by atoms with Crippen molar-refractivity contribution in [2.24, 2.45) is 0 Å². The first-order valence-electron chi connectivity index (χ1n) is 10.8. The molecule has 0 aliphatic rings. The van der Waals surface area contributed by atoms with Crippen LogP contribution < -0.4 is 10.6 Å². The lowest BCUT2D eigenvalue weighted by Gasteiger charge is -2.10. The number of hydrogen-bond donors (Lipinski definition) is 2. The molecule has 0 aliphatic carbocycles. The maximum absolute atomic E-state index is 13.1. The fourth-order valence-electron chi connectivity index (χ4n) is 3.49. The SMILES string of the molecule is Cc1cccc(-c2cccc(CNC(=O)c3nccnc3C(=O)NCc3ccc(F)cc3)c2)c1. The molecule has 0 fully saturated rings. The number of aromatic nitrogens is 2. The third-order valence-electron chi connectivity index (χ3n) is 5.23. The van der Waals surface area contributed by atoms with E-state index in [4.69, 9.17) is 0 Å². The van der Waals surface area contributed by atoms with Crippen LogP contribution >= 0.6 is 0 Å². The van der Waals surface area contributed by atoms with Gasteiger partial charge < -0.3 is 10.6 Å². The van der Waals surface area contributed by atoms with Crippen LogP contribution in [0.4, 0.5) is 4.39 Å². The molecule has 7 heteroatoms. The van der Waals surface area contributed by atoms with E-state index in [9.17, 15) is 14.0 Å². The zero-order chi connectivity index (χ0) is 23.9. The van der Waals surface area contributed by atoms with E-state index in [1.165, 1.54) is 30.1 Å². The molecule has 4 rings (SSSR count). The minimum atomic E-state index is -0.538. The number of rotatable bonds is 7. The van der Waals surface area contributed by atoms with Gasteiger partial charge in [-0.1, -0.05) is 60.2 Å². The molecule has 6 nitrogen and oxygen atoms in total. The van der Waals surface area contributed by atoms with Gasteiger partial charge in [-0.05, 0) is 47.4 Å². The number of hydrogen-bond acceptors (Lipinski definition) is 4. The summed E-state index contributed by atoms with van der Waals surface area (Å²) >= 11 is 0. The lowest BCUT2D eigenvalue weighted by molar-refractivity contribution is 0.0908. The van der Waals surface area contributed by atoms with E-state index in [1.807, 2.05) is 49.4 Å². The summed E-state index contributed by atoms with van der Waals surface area (Å²) in [6.07, 6.45) is 2.72. The minimum Gasteiger partial charge on any atom is -0.347 e. The Bertz CT molecular complexity index is 1320. The largest absolute Gasteiger partial charge is 0.347 e. The molecule has 1 aromatic heterocycles. The first kappa shape index (κ1) is 22.8. The minimum absolute atomic E-state index is 0.0612. The van der Waals surface area contributed by atoms with Crippen molar-refractivity contribution in [1.82, 2.24) is 20.6 Å².